The molecule has 3 aromatic rings. The molecule has 0 atom stereocenters. The van der Waals surface area contributed by atoms with Crippen molar-refractivity contribution < 1.29 is 24.3 Å². The Morgan fingerprint density at radius 1 is 1.22 bits per heavy atom. The van der Waals surface area contributed by atoms with Crippen LogP contribution in [0.1, 0.15) is 17.4 Å². The van der Waals surface area contributed by atoms with E-state index in [0.29, 0.717) is 23.4 Å². The van der Waals surface area contributed by atoms with E-state index in [1.807, 2.05) is 0 Å². The monoisotopic (exact) mass is 388 g/mol. The standard InChI is InChI=1S/C19H17ClN2O5/c1-3-21-19(25)17-16(10-4-6-11(26-2)7-5-10)18(27-22-17)12-8-13(20)15(24)9-14(12)23/h4-9,23-24H,3H2,1-2H3,(H,21,25). The van der Waals surface area contributed by atoms with E-state index in [1.54, 1.807) is 38.3 Å². The number of phenolic OH excluding ortho intramolecular Hbond substituents is 2. The predicted octanol–water partition coefficient (Wildman–Crippen LogP) is 3.83. The molecule has 0 aliphatic rings. The highest BCUT2D eigenvalue weighted by Crippen LogP contribution is 2.43. The molecule has 0 bridgehead atoms. The molecule has 3 N–H and O–H groups in total. The van der Waals surface area contributed by atoms with Crippen molar-refractivity contribution in [1.29, 1.82) is 0 Å². The first-order valence-corrected chi connectivity index (χ1v) is 8.48. The maximum Gasteiger partial charge on any atom is 0.274 e. The number of hydrogen-bond donors (Lipinski definition) is 3. The molecule has 27 heavy (non-hydrogen) atoms. The molecule has 0 radical (unpaired) electrons. The van der Waals surface area contributed by atoms with Crippen LogP contribution in [0.4, 0.5) is 0 Å². The van der Waals surface area contributed by atoms with Crippen molar-refractivity contribution in [3.05, 3.63) is 47.1 Å². The first-order valence-electron chi connectivity index (χ1n) is 8.10. The molecular formula is C19H17ClN2O5. The van der Waals surface area contributed by atoms with Gasteiger partial charge in [0.1, 0.15) is 17.2 Å². The molecule has 7 nitrogen and oxygen atoms in total. The Morgan fingerprint density at radius 3 is 2.56 bits per heavy atom. The first-order chi connectivity index (χ1) is 13.0. The maximum absolute atomic E-state index is 12.4. The van der Waals surface area contributed by atoms with Crippen molar-refractivity contribution in [3.8, 4) is 39.7 Å². The zero-order chi connectivity index (χ0) is 19.6. The summed E-state index contributed by atoms with van der Waals surface area (Å²) in [7, 11) is 1.55. The molecule has 1 heterocycles. The molecule has 0 fully saturated rings. The minimum absolute atomic E-state index is 0.0273. The largest absolute Gasteiger partial charge is 0.507 e. The number of methoxy groups -OCH3 is 1. The number of phenols is 2. The van der Waals surface area contributed by atoms with Crippen LogP contribution in [0.15, 0.2) is 40.9 Å². The molecule has 0 saturated heterocycles. The molecule has 2 aromatic carbocycles. The van der Waals surface area contributed by atoms with Crippen molar-refractivity contribution in [3.63, 3.8) is 0 Å². The number of hydrogen-bond acceptors (Lipinski definition) is 6. The van der Waals surface area contributed by atoms with Crippen LogP contribution < -0.4 is 10.1 Å². The molecule has 1 amide bonds. The Morgan fingerprint density at radius 2 is 1.93 bits per heavy atom. The van der Waals surface area contributed by atoms with E-state index in [9.17, 15) is 15.0 Å². The topological polar surface area (TPSA) is 105 Å². The van der Waals surface area contributed by atoms with Crippen molar-refractivity contribution in [2.75, 3.05) is 13.7 Å². The Bertz CT molecular complexity index is 983. The molecule has 8 heteroatoms. The van der Waals surface area contributed by atoms with E-state index in [1.165, 1.54) is 6.07 Å². The average Bonchev–Trinajstić information content (AvgIpc) is 3.10. The number of nitrogens with one attached hydrogen (secondary N) is 1. The molecule has 3 rings (SSSR count). The molecule has 0 spiro atoms. The molecule has 0 saturated carbocycles. The van der Waals surface area contributed by atoms with E-state index >= 15 is 0 Å². The van der Waals surface area contributed by atoms with Crippen LogP contribution >= 0.6 is 11.6 Å². The van der Waals surface area contributed by atoms with Crippen LogP contribution in [0.3, 0.4) is 0 Å². The van der Waals surface area contributed by atoms with Gasteiger partial charge in [-0.2, -0.15) is 0 Å². The third-order valence-corrected chi connectivity index (χ3v) is 4.24. The Labute approximate surface area is 160 Å². The van der Waals surface area contributed by atoms with Gasteiger partial charge in [-0.15, -0.1) is 0 Å². The summed E-state index contributed by atoms with van der Waals surface area (Å²) in [6.45, 7) is 2.21. The van der Waals surface area contributed by atoms with Gasteiger partial charge in [0.15, 0.2) is 11.5 Å². The number of carbonyl (C=O) groups is 1. The van der Waals surface area contributed by atoms with Gasteiger partial charge in [-0.3, -0.25) is 4.79 Å². The van der Waals surface area contributed by atoms with Gasteiger partial charge in [-0.1, -0.05) is 28.9 Å². The van der Waals surface area contributed by atoms with Crippen molar-refractivity contribution in [2.45, 2.75) is 6.92 Å². The van der Waals surface area contributed by atoms with Crippen LogP contribution in [-0.4, -0.2) is 34.9 Å². The number of nitrogens with zero attached hydrogens (tertiary/aromatic N) is 1. The summed E-state index contributed by atoms with van der Waals surface area (Å²) < 4.78 is 10.6. The van der Waals surface area contributed by atoms with Crippen LogP contribution in [0, 0.1) is 0 Å². The van der Waals surface area contributed by atoms with Crippen molar-refractivity contribution in [1.82, 2.24) is 10.5 Å². The minimum Gasteiger partial charge on any atom is -0.507 e. The van der Waals surface area contributed by atoms with Gasteiger partial charge in [-0.05, 0) is 30.7 Å². The van der Waals surface area contributed by atoms with E-state index in [0.717, 1.165) is 6.07 Å². The number of halogens is 1. The number of benzene rings is 2. The Balaban J connectivity index is 2.23. The molecular weight excluding hydrogens is 372 g/mol. The van der Waals surface area contributed by atoms with Gasteiger partial charge in [-0.25, -0.2) is 0 Å². The van der Waals surface area contributed by atoms with Crippen molar-refractivity contribution >= 4 is 17.5 Å². The van der Waals surface area contributed by atoms with Crippen LogP contribution in [0.2, 0.25) is 5.02 Å². The SMILES string of the molecule is CCNC(=O)c1noc(-c2cc(Cl)c(O)cc2O)c1-c1ccc(OC)cc1. The second-order valence-electron chi connectivity index (χ2n) is 5.64. The fourth-order valence-corrected chi connectivity index (χ4v) is 2.80. The third kappa shape index (κ3) is 3.54. The van der Waals surface area contributed by atoms with Gasteiger partial charge < -0.3 is 24.8 Å². The van der Waals surface area contributed by atoms with Gasteiger partial charge >= 0.3 is 0 Å². The summed E-state index contributed by atoms with van der Waals surface area (Å²) >= 11 is 5.97. The van der Waals surface area contributed by atoms with E-state index in [4.69, 9.17) is 20.9 Å². The smallest absolute Gasteiger partial charge is 0.274 e. The average molecular weight is 389 g/mol. The highest BCUT2D eigenvalue weighted by Gasteiger charge is 2.26. The zero-order valence-corrected chi connectivity index (χ0v) is 15.4. The number of carbonyl (C=O) groups excluding carboxylic acids is 1. The second-order valence-corrected chi connectivity index (χ2v) is 6.05. The Kier molecular flexibility index (Phi) is 5.23. The van der Waals surface area contributed by atoms with Gasteiger partial charge in [0, 0.05) is 12.6 Å². The quantitative estimate of drug-likeness (QED) is 0.613. The van der Waals surface area contributed by atoms with E-state index in [2.05, 4.69) is 10.5 Å². The third-order valence-electron chi connectivity index (χ3n) is 3.93. The molecule has 1 aromatic heterocycles. The summed E-state index contributed by atoms with van der Waals surface area (Å²) in [6, 6.07) is 9.41. The fourth-order valence-electron chi connectivity index (χ4n) is 2.63. The molecule has 0 aliphatic heterocycles. The highest BCUT2D eigenvalue weighted by atomic mass is 35.5. The van der Waals surface area contributed by atoms with Crippen LogP contribution in [0.5, 0.6) is 17.2 Å². The first kappa shape index (κ1) is 18.6. The predicted molar refractivity (Wildman–Crippen MR) is 100 cm³/mol. The Hall–Kier alpha value is -3.19. The maximum atomic E-state index is 12.4. The number of aromatic hydroxyl groups is 2. The summed E-state index contributed by atoms with van der Waals surface area (Å²) in [5.74, 6) is -0.145. The highest BCUT2D eigenvalue weighted by molar-refractivity contribution is 6.32. The summed E-state index contributed by atoms with van der Waals surface area (Å²) in [5, 5.41) is 26.5. The summed E-state index contributed by atoms with van der Waals surface area (Å²) in [6.07, 6.45) is 0. The lowest BCUT2D eigenvalue weighted by molar-refractivity contribution is 0.0947. The van der Waals surface area contributed by atoms with E-state index in [-0.39, 0.29) is 33.5 Å². The lowest BCUT2D eigenvalue weighted by Crippen LogP contribution is -2.23. The summed E-state index contributed by atoms with van der Waals surface area (Å²) in [4.78, 5) is 12.4. The van der Waals surface area contributed by atoms with Crippen molar-refractivity contribution in [2.24, 2.45) is 0 Å². The van der Waals surface area contributed by atoms with Gasteiger partial charge in [0.25, 0.3) is 5.91 Å². The number of amides is 1. The lowest BCUT2D eigenvalue weighted by atomic mass is 9.98. The van der Waals surface area contributed by atoms with Crippen LogP contribution in [0.25, 0.3) is 22.5 Å². The van der Waals surface area contributed by atoms with Gasteiger partial charge in [0.05, 0.1) is 23.3 Å². The molecule has 0 unspecified atom stereocenters. The zero-order valence-electron chi connectivity index (χ0n) is 14.6. The van der Waals surface area contributed by atoms with E-state index < -0.39 is 5.91 Å². The fraction of sp³-hybridized carbons (Fsp3) is 0.158. The van der Waals surface area contributed by atoms with Crippen LogP contribution in [-0.2, 0) is 0 Å². The second kappa shape index (κ2) is 7.59. The normalized spacial score (nSPS) is 10.6. The molecule has 140 valence electrons. The van der Waals surface area contributed by atoms with Gasteiger partial charge in [0.2, 0.25) is 0 Å². The molecule has 0 aliphatic carbocycles. The summed E-state index contributed by atoms with van der Waals surface area (Å²) in [5.41, 5.74) is 1.30. The lowest BCUT2D eigenvalue weighted by Gasteiger charge is -2.08. The number of aromatic nitrogens is 1. The number of ether oxygens (including phenoxy) is 1. The minimum atomic E-state index is -0.414. The number of rotatable bonds is 5.